The third-order valence-electron chi connectivity index (χ3n) is 12.6. The van der Waals surface area contributed by atoms with E-state index in [4.69, 9.17) is 35.3 Å². The number of esters is 1. The van der Waals surface area contributed by atoms with Gasteiger partial charge in [0.15, 0.2) is 38.6 Å². The summed E-state index contributed by atoms with van der Waals surface area (Å²) in [5, 5.41) is 22.6. The first-order chi connectivity index (χ1) is 31.0. The summed E-state index contributed by atoms with van der Waals surface area (Å²) in [4.78, 5) is 29.4. The summed E-state index contributed by atoms with van der Waals surface area (Å²) in [5.41, 5.74) is 2.56. The normalized spacial score (nSPS) is 15.1. The second-order valence-electron chi connectivity index (χ2n) is 16.4. The number of phenolic OH excluding ortho intramolecular Hbond substituents is 2. The summed E-state index contributed by atoms with van der Waals surface area (Å²) in [6, 6.07) is 19.5. The highest BCUT2D eigenvalue weighted by Gasteiger charge is 2.42. The molecule has 0 saturated heterocycles. The maximum atomic E-state index is 13.8. The van der Waals surface area contributed by atoms with E-state index < -0.39 is 15.8 Å². The number of aryl methyl sites for hydroxylation is 1. The molecule has 0 amide bonds. The van der Waals surface area contributed by atoms with Gasteiger partial charge in [0, 0.05) is 46.5 Å². The van der Waals surface area contributed by atoms with Gasteiger partial charge >= 0.3 is 5.97 Å². The van der Waals surface area contributed by atoms with E-state index in [1.807, 2.05) is 56.0 Å². The molecule has 5 aromatic carbocycles. The first-order valence-corrected chi connectivity index (χ1v) is 23.9. The first kappa shape index (κ1) is 53.0. The van der Waals surface area contributed by atoms with Gasteiger partial charge in [-0.1, -0.05) is 96.7 Å². The van der Waals surface area contributed by atoms with Crippen LogP contribution >= 0.6 is 11.6 Å². The molecular formula is C52H66ClNO11S. The number of rotatable bonds is 16. The number of hydrogen-bond donors (Lipinski definition) is 2. The number of anilines is 2. The van der Waals surface area contributed by atoms with Crippen molar-refractivity contribution in [2.45, 2.75) is 91.9 Å². The minimum atomic E-state index is -3.57. The second-order valence-corrected chi connectivity index (χ2v) is 18.8. The standard InChI is InChI=1S/C30H36O8.C21H26ClNO3S.CH4/c1-9-17(10-2)14-20(31)25-26(30(33)38-8)23(18-11-12-21(34-4)22(15-18)35-5)24-19(27(25)32)13-16(3)28(36-6)29(24)37-7;1-3-5-11-21(4-2)14-23(16-9-7-6-8-10-16)18-12-17(22)19(24)13-20(18)27(25,26)15-21;/h11-13,15,17,32H,9-10,14H2,1-8H3;6-10,12-13,24H,3-5,11,14-15H2,1-2H3;1H4. The maximum absolute atomic E-state index is 13.8. The SMILES string of the molecule is C.CCC(CC)CC(=O)c1c(C(=O)OC)c(-c2ccc(OC)c(OC)c2)c2c(OC)c(OC)c(C)cc2c1O.CCCCC1(CC)CN(c2ccccc2)c2cc(Cl)c(O)cc2S(=O)(=O)C1. The van der Waals surface area contributed by atoms with Crippen LogP contribution in [0.5, 0.6) is 34.5 Å². The number of halogens is 1. The fourth-order valence-corrected chi connectivity index (χ4v) is 11.2. The smallest absolute Gasteiger partial charge is 0.339 e. The lowest BCUT2D eigenvalue weighted by atomic mass is 9.81. The van der Waals surface area contributed by atoms with Gasteiger partial charge in [-0.05, 0) is 73.2 Å². The van der Waals surface area contributed by atoms with Crippen molar-refractivity contribution >= 4 is 55.3 Å². The van der Waals surface area contributed by atoms with Crippen LogP contribution in [0.25, 0.3) is 21.9 Å². The predicted octanol–water partition coefficient (Wildman–Crippen LogP) is 12.5. The third kappa shape index (κ3) is 10.6. The Hall–Kier alpha value is -5.66. The van der Waals surface area contributed by atoms with Crippen molar-refractivity contribution in [3.8, 4) is 45.6 Å². The van der Waals surface area contributed by atoms with Gasteiger partial charge in [-0.25, -0.2) is 13.2 Å². The number of hydrogen-bond acceptors (Lipinski definition) is 12. The monoisotopic (exact) mass is 947 g/mol. The Bertz CT molecular complexity index is 2630. The number of Topliss-reactive ketones (excluding diaryl/α,β-unsaturated/α-hetero) is 1. The number of methoxy groups -OCH3 is 5. The van der Waals surface area contributed by atoms with Crippen molar-refractivity contribution in [2.24, 2.45) is 11.3 Å². The number of aromatic hydroxyl groups is 2. The van der Waals surface area contributed by atoms with Crippen LogP contribution in [-0.4, -0.2) is 78.2 Å². The highest BCUT2D eigenvalue weighted by atomic mass is 35.5. The van der Waals surface area contributed by atoms with E-state index in [0.29, 0.717) is 62.7 Å². The number of carbonyl (C=O) groups is 2. The number of phenols is 2. The molecule has 1 aliphatic rings. The Balaban J connectivity index is 0.000000300. The number of fused-ring (bicyclic) bond motifs is 2. The summed E-state index contributed by atoms with van der Waals surface area (Å²) >= 11 is 6.16. The average molecular weight is 949 g/mol. The molecule has 0 aromatic heterocycles. The minimum absolute atomic E-state index is 0. The van der Waals surface area contributed by atoms with Crippen LogP contribution in [0, 0.1) is 18.3 Å². The van der Waals surface area contributed by atoms with Crippen molar-refractivity contribution in [2.75, 3.05) is 52.7 Å². The number of para-hydroxylation sites is 1. The summed E-state index contributed by atoms with van der Waals surface area (Å²) in [5.74, 6) is 0.228. The van der Waals surface area contributed by atoms with Crippen LogP contribution in [0.15, 0.2) is 71.6 Å². The number of benzene rings is 5. The average Bonchev–Trinajstić information content (AvgIpc) is 3.40. The van der Waals surface area contributed by atoms with Crippen LogP contribution in [0.2, 0.25) is 5.02 Å². The van der Waals surface area contributed by atoms with Gasteiger partial charge in [-0.2, -0.15) is 0 Å². The Kier molecular flexibility index (Phi) is 18.2. The van der Waals surface area contributed by atoms with E-state index in [-0.39, 0.29) is 69.3 Å². The summed E-state index contributed by atoms with van der Waals surface area (Å²) in [6.07, 6.45) is 5.36. The molecule has 66 heavy (non-hydrogen) atoms. The van der Waals surface area contributed by atoms with Crippen molar-refractivity contribution in [3.05, 3.63) is 88.4 Å². The lowest BCUT2D eigenvalue weighted by Gasteiger charge is -2.36. The summed E-state index contributed by atoms with van der Waals surface area (Å²) in [6.45, 7) is 10.6. The van der Waals surface area contributed by atoms with Crippen molar-refractivity contribution in [1.82, 2.24) is 0 Å². The quantitative estimate of drug-likeness (QED) is 0.0713. The van der Waals surface area contributed by atoms with E-state index in [2.05, 4.69) is 13.8 Å². The van der Waals surface area contributed by atoms with Gasteiger partial charge in [-0.3, -0.25) is 4.79 Å². The summed E-state index contributed by atoms with van der Waals surface area (Å²) in [7, 11) is 3.70. The van der Waals surface area contributed by atoms with Crippen molar-refractivity contribution in [1.29, 1.82) is 0 Å². The molecular weight excluding hydrogens is 882 g/mol. The molecule has 0 saturated carbocycles. The fourth-order valence-electron chi connectivity index (χ4n) is 8.83. The molecule has 358 valence electrons. The van der Waals surface area contributed by atoms with E-state index in [1.54, 1.807) is 30.3 Å². The number of ketones is 1. The molecule has 1 unspecified atom stereocenters. The highest BCUT2D eigenvalue weighted by molar-refractivity contribution is 7.91. The number of sulfone groups is 1. The molecule has 0 aliphatic carbocycles. The molecule has 1 atom stereocenters. The Morgan fingerprint density at radius 3 is 2.05 bits per heavy atom. The molecule has 0 radical (unpaired) electrons. The fraction of sp³-hybridized carbons (Fsp3) is 0.423. The Morgan fingerprint density at radius 1 is 0.833 bits per heavy atom. The molecule has 1 heterocycles. The Labute approximate surface area is 395 Å². The minimum Gasteiger partial charge on any atom is -0.507 e. The third-order valence-corrected chi connectivity index (χ3v) is 14.9. The van der Waals surface area contributed by atoms with Crippen LogP contribution in [0.3, 0.4) is 0 Å². The zero-order valence-corrected chi connectivity index (χ0v) is 40.7. The molecule has 12 nitrogen and oxygen atoms in total. The van der Waals surface area contributed by atoms with Crippen LogP contribution in [0.4, 0.5) is 11.4 Å². The van der Waals surface area contributed by atoms with Crippen LogP contribution in [-0.2, 0) is 14.6 Å². The summed E-state index contributed by atoms with van der Waals surface area (Å²) < 4.78 is 54.1. The van der Waals surface area contributed by atoms with Gasteiger partial charge in [0.1, 0.15) is 11.5 Å². The van der Waals surface area contributed by atoms with Crippen LogP contribution < -0.4 is 23.8 Å². The van der Waals surface area contributed by atoms with Gasteiger partial charge in [0.05, 0.1) is 68.0 Å². The number of nitrogens with zero attached hydrogens (tertiary/aromatic N) is 1. The first-order valence-electron chi connectivity index (χ1n) is 21.9. The number of carbonyl (C=O) groups excluding carboxylic acids is 2. The van der Waals surface area contributed by atoms with Gasteiger partial charge in [0.25, 0.3) is 0 Å². The largest absolute Gasteiger partial charge is 0.507 e. The lowest BCUT2D eigenvalue weighted by molar-refractivity contribution is 0.0597. The zero-order valence-electron chi connectivity index (χ0n) is 39.1. The number of unbranched alkanes of at least 4 members (excludes halogenated alkanes) is 1. The van der Waals surface area contributed by atoms with E-state index >= 15 is 0 Å². The molecule has 0 bridgehead atoms. The molecule has 5 aromatic rings. The van der Waals surface area contributed by atoms with E-state index in [1.165, 1.54) is 41.6 Å². The van der Waals surface area contributed by atoms with Crippen LogP contribution in [0.1, 0.15) is 106 Å². The maximum Gasteiger partial charge on any atom is 0.339 e. The predicted molar refractivity (Wildman–Crippen MR) is 264 cm³/mol. The van der Waals surface area contributed by atoms with Crippen molar-refractivity contribution < 1.29 is 51.9 Å². The molecule has 0 fully saturated rings. The molecule has 1 aliphatic heterocycles. The van der Waals surface area contributed by atoms with Gasteiger partial charge < -0.3 is 38.8 Å². The second kappa shape index (κ2) is 22.7. The van der Waals surface area contributed by atoms with Gasteiger partial charge in [0.2, 0.25) is 0 Å². The zero-order chi connectivity index (χ0) is 47.8. The van der Waals surface area contributed by atoms with E-state index in [9.17, 15) is 28.2 Å². The topological polar surface area (TPSA) is 158 Å². The lowest BCUT2D eigenvalue weighted by Crippen LogP contribution is -2.37. The number of ether oxygens (including phenoxy) is 5. The molecule has 0 spiro atoms. The highest BCUT2D eigenvalue weighted by Crippen LogP contribution is 2.51. The van der Waals surface area contributed by atoms with E-state index in [0.717, 1.165) is 44.2 Å². The van der Waals surface area contributed by atoms with Crippen molar-refractivity contribution in [3.63, 3.8) is 0 Å². The molecule has 2 N–H and O–H groups in total. The molecule has 6 rings (SSSR count). The Morgan fingerprint density at radius 2 is 1.48 bits per heavy atom. The molecule has 14 heteroatoms. The van der Waals surface area contributed by atoms with Gasteiger partial charge in [-0.15, -0.1) is 0 Å².